The van der Waals surface area contributed by atoms with Crippen LogP contribution in [0.25, 0.3) is 5.82 Å². The molecule has 0 unspecified atom stereocenters. The molecule has 0 spiro atoms. The van der Waals surface area contributed by atoms with E-state index >= 15 is 0 Å². The van der Waals surface area contributed by atoms with E-state index in [0.717, 1.165) is 30.0 Å². The summed E-state index contributed by atoms with van der Waals surface area (Å²) in [5.41, 5.74) is 1.07. The second-order valence-corrected chi connectivity index (χ2v) is 3.36. The van der Waals surface area contributed by atoms with E-state index in [1.165, 1.54) is 12.7 Å². The highest BCUT2D eigenvalue weighted by Gasteiger charge is 2.11. The Kier molecular flexibility index (Phi) is 3.09. The molecule has 0 aliphatic carbocycles. The first-order valence-electron chi connectivity index (χ1n) is 5.23. The van der Waals surface area contributed by atoms with E-state index < -0.39 is 0 Å². The molecule has 0 atom stereocenters. The standard InChI is InChI=1S/C10H14N6/c1-3-4-8-9(11-2)13-6-14-10(8)16-7-12-5-15-16/h5-7H,3-4H2,1-2H3,(H,11,13,14). The zero-order valence-corrected chi connectivity index (χ0v) is 9.38. The minimum Gasteiger partial charge on any atom is -0.373 e. The highest BCUT2D eigenvalue weighted by molar-refractivity contribution is 5.51. The van der Waals surface area contributed by atoms with E-state index in [1.54, 1.807) is 11.0 Å². The Hall–Kier alpha value is -1.98. The van der Waals surface area contributed by atoms with Crippen LogP contribution in [0.1, 0.15) is 18.9 Å². The third kappa shape index (κ3) is 1.86. The van der Waals surface area contributed by atoms with E-state index in [9.17, 15) is 0 Å². The van der Waals surface area contributed by atoms with Gasteiger partial charge >= 0.3 is 0 Å². The van der Waals surface area contributed by atoms with Crippen molar-refractivity contribution in [3.05, 3.63) is 24.5 Å². The third-order valence-electron chi connectivity index (χ3n) is 2.30. The van der Waals surface area contributed by atoms with Gasteiger partial charge in [0, 0.05) is 12.6 Å². The Bertz CT molecular complexity index is 450. The molecule has 0 radical (unpaired) electrons. The molecule has 0 saturated carbocycles. The molecule has 0 saturated heterocycles. The van der Waals surface area contributed by atoms with E-state index in [-0.39, 0.29) is 0 Å². The third-order valence-corrected chi connectivity index (χ3v) is 2.30. The maximum absolute atomic E-state index is 4.26. The van der Waals surface area contributed by atoms with Crippen molar-refractivity contribution in [1.82, 2.24) is 24.7 Å². The Morgan fingerprint density at radius 1 is 1.31 bits per heavy atom. The maximum Gasteiger partial charge on any atom is 0.163 e. The minimum absolute atomic E-state index is 0.790. The van der Waals surface area contributed by atoms with Crippen molar-refractivity contribution in [2.45, 2.75) is 19.8 Å². The lowest BCUT2D eigenvalue weighted by molar-refractivity contribution is 0.799. The molecule has 2 heterocycles. The van der Waals surface area contributed by atoms with Gasteiger partial charge in [0.25, 0.3) is 0 Å². The van der Waals surface area contributed by atoms with Crippen molar-refractivity contribution >= 4 is 5.82 Å². The van der Waals surface area contributed by atoms with Gasteiger partial charge in [-0.1, -0.05) is 13.3 Å². The van der Waals surface area contributed by atoms with Crippen LogP contribution in [0.4, 0.5) is 5.82 Å². The first kappa shape index (κ1) is 10.5. The lowest BCUT2D eigenvalue weighted by Crippen LogP contribution is -2.08. The van der Waals surface area contributed by atoms with Gasteiger partial charge in [0.05, 0.1) is 0 Å². The zero-order chi connectivity index (χ0) is 11.4. The van der Waals surface area contributed by atoms with Crippen LogP contribution in [-0.4, -0.2) is 31.8 Å². The fourth-order valence-electron chi connectivity index (χ4n) is 1.61. The van der Waals surface area contributed by atoms with Gasteiger partial charge in [-0.05, 0) is 6.42 Å². The molecule has 16 heavy (non-hydrogen) atoms. The molecule has 2 aromatic heterocycles. The number of nitrogens with one attached hydrogen (secondary N) is 1. The van der Waals surface area contributed by atoms with Crippen LogP contribution < -0.4 is 5.32 Å². The summed E-state index contributed by atoms with van der Waals surface area (Å²) >= 11 is 0. The monoisotopic (exact) mass is 218 g/mol. The van der Waals surface area contributed by atoms with E-state index in [0.29, 0.717) is 0 Å². The first-order valence-corrected chi connectivity index (χ1v) is 5.23. The molecular formula is C10H14N6. The summed E-state index contributed by atoms with van der Waals surface area (Å²) in [4.78, 5) is 12.4. The number of hydrogen-bond acceptors (Lipinski definition) is 5. The lowest BCUT2D eigenvalue weighted by atomic mass is 10.1. The zero-order valence-electron chi connectivity index (χ0n) is 9.38. The van der Waals surface area contributed by atoms with Crippen LogP contribution in [0.2, 0.25) is 0 Å². The minimum atomic E-state index is 0.790. The molecule has 0 amide bonds. The fourth-order valence-corrected chi connectivity index (χ4v) is 1.61. The molecule has 6 heteroatoms. The van der Waals surface area contributed by atoms with Crippen molar-refractivity contribution in [1.29, 1.82) is 0 Å². The largest absolute Gasteiger partial charge is 0.373 e. The molecule has 0 aliphatic rings. The van der Waals surface area contributed by atoms with Crippen molar-refractivity contribution in [3.8, 4) is 5.82 Å². The fraction of sp³-hybridized carbons (Fsp3) is 0.400. The molecule has 1 N–H and O–H groups in total. The second-order valence-electron chi connectivity index (χ2n) is 3.36. The number of hydrogen-bond donors (Lipinski definition) is 1. The first-order chi connectivity index (χ1) is 7.86. The Morgan fingerprint density at radius 3 is 2.81 bits per heavy atom. The molecule has 6 nitrogen and oxygen atoms in total. The van der Waals surface area contributed by atoms with Crippen molar-refractivity contribution < 1.29 is 0 Å². The summed E-state index contributed by atoms with van der Waals surface area (Å²) in [6, 6.07) is 0. The highest BCUT2D eigenvalue weighted by atomic mass is 15.3. The van der Waals surface area contributed by atoms with Gasteiger partial charge in [0.2, 0.25) is 0 Å². The number of nitrogens with zero attached hydrogens (tertiary/aromatic N) is 5. The number of rotatable bonds is 4. The van der Waals surface area contributed by atoms with E-state index in [4.69, 9.17) is 0 Å². The summed E-state index contributed by atoms with van der Waals surface area (Å²) < 4.78 is 1.66. The highest BCUT2D eigenvalue weighted by Crippen LogP contribution is 2.19. The van der Waals surface area contributed by atoms with Gasteiger partial charge < -0.3 is 5.32 Å². The van der Waals surface area contributed by atoms with Gasteiger partial charge in [-0.3, -0.25) is 0 Å². The van der Waals surface area contributed by atoms with Gasteiger partial charge in [0.15, 0.2) is 5.82 Å². The van der Waals surface area contributed by atoms with Crippen LogP contribution in [0.3, 0.4) is 0 Å². The van der Waals surface area contributed by atoms with Crippen LogP contribution in [0, 0.1) is 0 Å². The Balaban J connectivity index is 2.51. The Labute approximate surface area is 93.8 Å². The summed E-state index contributed by atoms with van der Waals surface area (Å²) in [5.74, 6) is 1.64. The molecule has 84 valence electrons. The smallest absolute Gasteiger partial charge is 0.163 e. The van der Waals surface area contributed by atoms with E-state index in [2.05, 4.69) is 32.3 Å². The molecular weight excluding hydrogens is 204 g/mol. The second kappa shape index (κ2) is 4.69. The predicted octanol–water partition coefficient (Wildman–Crippen LogP) is 1.05. The topological polar surface area (TPSA) is 68.5 Å². The van der Waals surface area contributed by atoms with Crippen molar-refractivity contribution in [2.24, 2.45) is 0 Å². The van der Waals surface area contributed by atoms with Crippen LogP contribution in [-0.2, 0) is 6.42 Å². The molecule has 2 aromatic rings. The normalized spacial score (nSPS) is 10.4. The summed E-state index contributed by atoms with van der Waals surface area (Å²) in [7, 11) is 1.85. The van der Waals surface area contributed by atoms with Crippen LogP contribution >= 0.6 is 0 Å². The average Bonchev–Trinajstić information content (AvgIpc) is 2.83. The number of anilines is 1. The molecule has 0 aromatic carbocycles. The van der Waals surface area contributed by atoms with Crippen molar-refractivity contribution in [2.75, 3.05) is 12.4 Å². The Morgan fingerprint density at radius 2 is 2.19 bits per heavy atom. The molecule has 2 rings (SSSR count). The van der Waals surface area contributed by atoms with Crippen LogP contribution in [0.5, 0.6) is 0 Å². The maximum atomic E-state index is 4.26. The van der Waals surface area contributed by atoms with Gasteiger partial charge in [0.1, 0.15) is 24.8 Å². The number of aromatic nitrogens is 5. The summed E-state index contributed by atoms with van der Waals surface area (Å²) in [5, 5.41) is 7.16. The summed E-state index contributed by atoms with van der Waals surface area (Å²) in [6.07, 6.45) is 6.61. The lowest BCUT2D eigenvalue weighted by Gasteiger charge is -2.10. The molecule has 0 aliphatic heterocycles. The van der Waals surface area contributed by atoms with Gasteiger partial charge in [-0.25, -0.2) is 19.6 Å². The van der Waals surface area contributed by atoms with Gasteiger partial charge in [-0.2, -0.15) is 5.10 Å². The van der Waals surface area contributed by atoms with E-state index in [1.807, 2.05) is 7.05 Å². The molecule has 0 fully saturated rings. The summed E-state index contributed by atoms with van der Waals surface area (Å²) in [6.45, 7) is 2.12. The van der Waals surface area contributed by atoms with Gasteiger partial charge in [-0.15, -0.1) is 0 Å². The predicted molar refractivity (Wildman–Crippen MR) is 60.5 cm³/mol. The van der Waals surface area contributed by atoms with Crippen LogP contribution in [0.15, 0.2) is 19.0 Å². The van der Waals surface area contributed by atoms with Crippen molar-refractivity contribution in [3.63, 3.8) is 0 Å². The average molecular weight is 218 g/mol. The quantitative estimate of drug-likeness (QED) is 0.830. The SMILES string of the molecule is CCCc1c(NC)ncnc1-n1cncn1. The molecule has 0 bridgehead atoms.